The Morgan fingerprint density at radius 3 is 2.79 bits per heavy atom. The molecule has 2 aromatic rings. The van der Waals surface area contributed by atoms with Crippen molar-refractivity contribution in [2.24, 2.45) is 0 Å². The minimum Gasteiger partial charge on any atom is -0.366 e. The lowest BCUT2D eigenvalue weighted by Crippen LogP contribution is -2.45. The smallest absolute Gasteiger partial charge is 0.255 e. The number of fused-ring (bicyclic) bond motifs is 1. The number of aromatic nitrogens is 3. The van der Waals surface area contributed by atoms with Gasteiger partial charge in [-0.15, -0.1) is 0 Å². The predicted octanol–water partition coefficient (Wildman–Crippen LogP) is 3.97. The summed E-state index contributed by atoms with van der Waals surface area (Å²) in [4.78, 5) is 29.4. The van der Waals surface area contributed by atoms with E-state index in [1.807, 2.05) is 24.4 Å². The van der Waals surface area contributed by atoms with Crippen molar-refractivity contribution in [1.29, 1.82) is 0 Å². The zero-order valence-electron chi connectivity index (χ0n) is 16.8. The molecule has 4 rings (SSSR count). The second-order valence-corrected chi connectivity index (χ2v) is 8.12. The number of rotatable bonds is 5. The molecule has 1 saturated carbocycles. The Morgan fingerprint density at radius 1 is 1.25 bits per heavy atom. The quantitative estimate of drug-likeness (QED) is 0.854. The van der Waals surface area contributed by atoms with Crippen LogP contribution in [0.1, 0.15) is 73.4 Å². The maximum atomic E-state index is 13.1. The van der Waals surface area contributed by atoms with Gasteiger partial charge in [0.2, 0.25) is 0 Å². The number of pyridine rings is 1. The maximum Gasteiger partial charge on any atom is 0.255 e. The molecule has 0 aromatic carbocycles. The van der Waals surface area contributed by atoms with E-state index in [1.54, 1.807) is 12.5 Å². The standard InChI is InChI=1S/C22H29N5O/c1-16(2)27(19-6-4-3-5-7-19)22(28)17-8-9-18(23-12-17)13-26-11-10-20-21(14-26)25-15-24-20/h8-12,15-16,19H,3-7,13-14H2,1-2H3,(H,24,25). The molecule has 0 unspecified atom stereocenters. The van der Waals surface area contributed by atoms with Crippen molar-refractivity contribution in [3.63, 3.8) is 0 Å². The minimum absolute atomic E-state index is 0.112. The van der Waals surface area contributed by atoms with Gasteiger partial charge in [0.05, 0.1) is 42.1 Å². The molecular formula is C22H29N5O. The molecule has 0 spiro atoms. The Morgan fingerprint density at radius 2 is 2.07 bits per heavy atom. The SMILES string of the molecule is CC(C)N(C(=O)c1ccc(CN2C=Cc3nc[nH]c3C2)nc1)C1CCCCC1. The summed E-state index contributed by atoms with van der Waals surface area (Å²) >= 11 is 0. The van der Waals surface area contributed by atoms with Crippen LogP contribution in [-0.2, 0) is 13.1 Å². The minimum atomic E-state index is 0.112. The maximum absolute atomic E-state index is 13.1. The number of carbonyl (C=O) groups excluding carboxylic acids is 1. The van der Waals surface area contributed by atoms with Crippen LogP contribution >= 0.6 is 0 Å². The van der Waals surface area contributed by atoms with E-state index in [9.17, 15) is 4.79 Å². The van der Waals surface area contributed by atoms with Crippen LogP contribution in [0.3, 0.4) is 0 Å². The van der Waals surface area contributed by atoms with Gasteiger partial charge in [0.25, 0.3) is 5.91 Å². The summed E-state index contributed by atoms with van der Waals surface area (Å²) in [6.07, 6.45) is 13.5. The summed E-state index contributed by atoms with van der Waals surface area (Å²) in [5.41, 5.74) is 3.77. The fourth-order valence-corrected chi connectivity index (χ4v) is 4.33. The fraction of sp³-hybridized carbons (Fsp3) is 0.500. The first-order valence-electron chi connectivity index (χ1n) is 10.3. The van der Waals surface area contributed by atoms with Crippen molar-refractivity contribution < 1.29 is 4.79 Å². The first-order valence-corrected chi connectivity index (χ1v) is 10.3. The first kappa shape index (κ1) is 18.7. The number of carbonyl (C=O) groups is 1. The summed E-state index contributed by atoms with van der Waals surface area (Å²) in [7, 11) is 0. The van der Waals surface area contributed by atoms with Crippen molar-refractivity contribution >= 4 is 12.0 Å². The van der Waals surface area contributed by atoms with Gasteiger partial charge in [0.1, 0.15) is 0 Å². The number of imidazole rings is 1. The van der Waals surface area contributed by atoms with Gasteiger partial charge in [-0.05, 0) is 44.9 Å². The van der Waals surface area contributed by atoms with Crippen LogP contribution in [0.4, 0.5) is 0 Å². The molecule has 148 valence electrons. The Balaban J connectivity index is 1.42. The van der Waals surface area contributed by atoms with E-state index in [0.29, 0.717) is 18.2 Å². The van der Waals surface area contributed by atoms with Crippen LogP contribution in [-0.4, -0.2) is 42.7 Å². The third kappa shape index (κ3) is 3.96. The highest BCUT2D eigenvalue weighted by atomic mass is 16.2. The Hall–Kier alpha value is -2.63. The lowest BCUT2D eigenvalue weighted by molar-refractivity contribution is 0.0555. The van der Waals surface area contributed by atoms with Gasteiger partial charge >= 0.3 is 0 Å². The topological polar surface area (TPSA) is 65.1 Å². The average molecular weight is 380 g/mol. The van der Waals surface area contributed by atoms with E-state index in [2.05, 4.69) is 38.6 Å². The van der Waals surface area contributed by atoms with Crippen LogP contribution in [0.2, 0.25) is 0 Å². The highest BCUT2D eigenvalue weighted by molar-refractivity contribution is 5.94. The monoisotopic (exact) mass is 379 g/mol. The summed E-state index contributed by atoms with van der Waals surface area (Å²) in [5.74, 6) is 0.112. The predicted molar refractivity (Wildman–Crippen MR) is 109 cm³/mol. The van der Waals surface area contributed by atoms with Gasteiger partial charge in [0.15, 0.2) is 0 Å². The molecule has 1 amide bonds. The molecule has 28 heavy (non-hydrogen) atoms. The van der Waals surface area contributed by atoms with Crippen LogP contribution < -0.4 is 0 Å². The molecule has 1 fully saturated rings. The molecule has 1 N–H and O–H groups in total. The molecule has 1 aliphatic heterocycles. The normalized spacial score (nSPS) is 17.0. The number of aromatic amines is 1. The summed E-state index contributed by atoms with van der Waals surface area (Å²) in [5, 5.41) is 0. The molecule has 6 nitrogen and oxygen atoms in total. The largest absolute Gasteiger partial charge is 0.366 e. The van der Waals surface area contributed by atoms with Crippen molar-refractivity contribution in [2.75, 3.05) is 0 Å². The molecular weight excluding hydrogens is 350 g/mol. The molecule has 2 aliphatic rings. The van der Waals surface area contributed by atoms with Gasteiger partial charge in [-0.25, -0.2) is 4.98 Å². The molecule has 0 radical (unpaired) electrons. The first-order chi connectivity index (χ1) is 13.6. The number of nitrogens with one attached hydrogen (secondary N) is 1. The van der Waals surface area contributed by atoms with E-state index in [4.69, 9.17) is 0 Å². The Kier molecular flexibility index (Phi) is 5.46. The molecule has 6 heteroatoms. The van der Waals surface area contributed by atoms with Crippen molar-refractivity contribution in [1.82, 2.24) is 24.8 Å². The lowest BCUT2D eigenvalue weighted by atomic mass is 9.93. The average Bonchev–Trinajstić information content (AvgIpc) is 3.17. The summed E-state index contributed by atoms with van der Waals surface area (Å²) in [6.45, 7) is 5.72. The Labute approximate surface area is 166 Å². The number of nitrogens with zero attached hydrogens (tertiary/aromatic N) is 4. The molecule has 0 atom stereocenters. The molecule has 1 aliphatic carbocycles. The zero-order valence-corrected chi connectivity index (χ0v) is 16.8. The zero-order chi connectivity index (χ0) is 19.5. The number of hydrogen-bond donors (Lipinski definition) is 1. The van der Waals surface area contributed by atoms with E-state index in [0.717, 1.165) is 36.5 Å². The Bertz CT molecular complexity index is 833. The van der Waals surface area contributed by atoms with Crippen LogP contribution in [0, 0.1) is 0 Å². The van der Waals surface area contributed by atoms with Gasteiger partial charge in [-0.2, -0.15) is 0 Å². The van der Waals surface area contributed by atoms with Gasteiger partial charge in [-0.3, -0.25) is 9.78 Å². The van der Waals surface area contributed by atoms with Gasteiger partial charge in [-0.1, -0.05) is 19.3 Å². The third-order valence-electron chi connectivity index (χ3n) is 5.75. The third-order valence-corrected chi connectivity index (χ3v) is 5.75. The fourth-order valence-electron chi connectivity index (χ4n) is 4.33. The van der Waals surface area contributed by atoms with E-state index in [-0.39, 0.29) is 11.9 Å². The van der Waals surface area contributed by atoms with Crippen molar-refractivity contribution in [3.05, 3.63) is 53.5 Å². The molecule has 0 saturated heterocycles. The molecule has 2 aromatic heterocycles. The molecule has 0 bridgehead atoms. The second-order valence-electron chi connectivity index (χ2n) is 8.12. The molecule has 3 heterocycles. The van der Waals surface area contributed by atoms with E-state index in [1.165, 1.54) is 19.3 Å². The number of hydrogen-bond acceptors (Lipinski definition) is 4. The summed E-state index contributed by atoms with van der Waals surface area (Å²) in [6, 6.07) is 4.47. The van der Waals surface area contributed by atoms with Crippen LogP contribution in [0.25, 0.3) is 6.08 Å². The number of H-pyrrole nitrogens is 1. The van der Waals surface area contributed by atoms with Crippen molar-refractivity contribution in [3.8, 4) is 0 Å². The van der Waals surface area contributed by atoms with Gasteiger partial charge < -0.3 is 14.8 Å². The summed E-state index contributed by atoms with van der Waals surface area (Å²) < 4.78 is 0. The van der Waals surface area contributed by atoms with Crippen LogP contribution in [0.5, 0.6) is 0 Å². The highest BCUT2D eigenvalue weighted by Crippen LogP contribution is 2.26. The van der Waals surface area contributed by atoms with Crippen molar-refractivity contribution in [2.45, 2.75) is 71.1 Å². The number of amides is 1. The van der Waals surface area contributed by atoms with Crippen LogP contribution in [0.15, 0.2) is 30.9 Å². The highest BCUT2D eigenvalue weighted by Gasteiger charge is 2.28. The van der Waals surface area contributed by atoms with E-state index >= 15 is 0 Å². The van der Waals surface area contributed by atoms with Gasteiger partial charge in [0, 0.05) is 24.5 Å². The van der Waals surface area contributed by atoms with E-state index < -0.39 is 0 Å². The second kappa shape index (κ2) is 8.17. The lowest BCUT2D eigenvalue weighted by Gasteiger charge is -2.37.